The van der Waals surface area contributed by atoms with E-state index in [1.165, 1.54) is 0 Å². The highest BCUT2D eigenvalue weighted by molar-refractivity contribution is 9.10. The SMILES string of the molecule is CCC1C(=N)COCC12c1cc(Br)ccc1Oc1ccc(OC)cc12. The van der Waals surface area contributed by atoms with Crippen molar-refractivity contribution >= 4 is 21.6 Å². The summed E-state index contributed by atoms with van der Waals surface area (Å²) in [5.41, 5.74) is 2.30. The van der Waals surface area contributed by atoms with Crippen LogP contribution in [0.15, 0.2) is 40.9 Å². The second-order valence-electron chi connectivity index (χ2n) is 6.55. The molecule has 2 aromatic carbocycles. The van der Waals surface area contributed by atoms with Gasteiger partial charge in [0.1, 0.15) is 17.2 Å². The summed E-state index contributed by atoms with van der Waals surface area (Å²) in [5.74, 6) is 2.49. The minimum absolute atomic E-state index is 0.0593. The number of ether oxygens (including phenoxy) is 3. The van der Waals surface area contributed by atoms with Crippen LogP contribution in [0.1, 0.15) is 24.5 Å². The molecule has 1 N–H and O–H groups in total. The van der Waals surface area contributed by atoms with E-state index in [4.69, 9.17) is 19.6 Å². The number of rotatable bonds is 2. The summed E-state index contributed by atoms with van der Waals surface area (Å²) in [7, 11) is 1.67. The van der Waals surface area contributed by atoms with Crippen molar-refractivity contribution in [1.29, 1.82) is 5.41 Å². The molecule has 4 nitrogen and oxygen atoms in total. The molecule has 2 atom stereocenters. The summed E-state index contributed by atoms with van der Waals surface area (Å²) in [6, 6.07) is 12.0. The first-order valence-electron chi connectivity index (χ1n) is 8.41. The van der Waals surface area contributed by atoms with E-state index in [1.54, 1.807) is 7.11 Å². The number of fused-ring (bicyclic) bond motifs is 4. The third-order valence-corrected chi connectivity index (χ3v) is 5.81. The van der Waals surface area contributed by atoms with Gasteiger partial charge in [0.05, 0.1) is 25.7 Å². The van der Waals surface area contributed by atoms with Crippen LogP contribution in [0.5, 0.6) is 17.2 Å². The minimum atomic E-state index is -0.439. The molecule has 0 aromatic heterocycles. The largest absolute Gasteiger partial charge is 0.497 e. The normalized spacial score (nSPS) is 24.4. The first-order chi connectivity index (χ1) is 12.1. The molecule has 0 bridgehead atoms. The lowest BCUT2D eigenvalue weighted by Crippen LogP contribution is -2.51. The van der Waals surface area contributed by atoms with E-state index in [-0.39, 0.29) is 5.92 Å². The van der Waals surface area contributed by atoms with Gasteiger partial charge in [-0.2, -0.15) is 0 Å². The van der Waals surface area contributed by atoms with Crippen molar-refractivity contribution in [1.82, 2.24) is 0 Å². The van der Waals surface area contributed by atoms with Gasteiger partial charge in [0.25, 0.3) is 0 Å². The molecule has 2 heterocycles. The summed E-state index contributed by atoms with van der Waals surface area (Å²) in [6.07, 6.45) is 0.866. The van der Waals surface area contributed by atoms with Crippen molar-refractivity contribution in [2.24, 2.45) is 5.92 Å². The van der Waals surface area contributed by atoms with E-state index in [1.807, 2.05) is 30.3 Å². The van der Waals surface area contributed by atoms with Crippen molar-refractivity contribution in [2.45, 2.75) is 18.8 Å². The third kappa shape index (κ3) is 2.41. The van der Waals surface area contributed by atoms with E-state index in [2.05, 4.69) is 28.9 Å². The first kappa shape index (κ1) is 16.6. The summed E-state index contributed by atoms with van der Waals surface area (Å²) in [4.78, 5) is 0. The van der Waals surface area contributed by atoms with Crippen molar-refractivity contribution < 1.29 is 14.2 Å². The van der Waals surface area contributed by atoms with E-state index >= 15 is 0 Å². The Bertz CT molecular complexity index is 851. The molecule has 1 saturated heterocycles. The average Bonchev–Trinajstić information content (AvgIpc) is 2.62. The highest BCUT2D eigenvalue weighted by Crippen LogP contribution is 2.55. The number of hydrogen-bond acceptors (Lipinski definition) is 4. The van der Waals surface area contributed by atoms with E-state index in [0.717, 1.165) is 39.3 Å². The van der Waals surface area contributed by atoms with Gasteiger partial charge in [0.2, 0.25) is 0 Å². The lowest BCUT2D eigenvalue weighted by molar-refractivity contribution is 0.0755. The molecule has 0 amide bonds. The molecule has 2 aliphatic rings. The van der Waals surface area contributed by atoms with E-state index in [0.29, 0.717) is 18.9 Å². The topological polar surface area (TPSA) is 51.5 Å². The van der Waals surface area contributed by atoms with Gasteiger partial charge < -0.3 is 19.6 Å². The van der Waals surface area contributed by atoms with E-state index in [9.17, 15) is 0 Å². The van der Waals surface area contributed by atoms with Gasteiger partial charge in [-0.15, -0.1) is 0 Å². The predicted octanol–water partition coefficient (Wildman–Crippen LogP) is 4.93. The molecule has 2 aromatic rings. The van der Waals surface area contributed by atoms with E-state index < -0.39 is 5.41 Å². The molecule has 1 spiro atoms. The first-order valence-corrected chi connectivity index (χ1v) is 9.21. The molecule has 0 radical (unpaired) electrons. The zero-order chi connectivity index (χ0) is 17.6. The fourth-order valence-corrected chi connectivity index (χ4v) is 4.58. The molecule has 0 saturated carbocycles. The van der Waals surface area contributed by atoms with Gasteiger partial charge in [0.15, 0.2) is 0 Å². The zero-order valence-electron chi connectivity index (χ0n) is 14.3. The molecule has 4 rings (SSSR count). The smallest absolute Gasteiger partial charge is 0.131 e. The molecule has 5 heteroatoms. The second-order valence-corrected chi connectivity index (χ2v) is 7.47. The fraction of sp³-hybridized carbons (Fsp3) is 0.350. The van der Waals surface area contributed by atoms with Crippen LogP contribution in [0, 0.1) is 11.3 Å². The van der Waals surface area contributed by atoms with Crippen LogP contribution in [0.3, 0.4) is 0 Å². The van der Waals surface area contributed by atoms with Gasteiger partial charge in [0, 0.05) is 27.2 Å². The van der Waals surface area contributed by atoms with Crippen molar-refractivity contribution in [3.05, 3.63) is 52.0 Å². The van der Waals surface area contributed by atoms with Crippen molar-refractivity contribution in [3.63, 3.8) is 0 Å². The van der Waals surface area contributed by atoms with Gasteiger partial charge in [-0.05, 0) is 42.8 Å². The van der Waals surface area contributed by atoms with Gasteiger partial charge >= 0.3 is 0 Å². The van der Waals surface area contributed by atoms with Crippen molar-refractivity contribution in [2.75, 3.05) is 20.3 Å². The molecule has 0 aliphatic carbocycles. The summed E-state index contributed by atoms with van der Waals surface area (Å²) in [5, 5.41) is 8.53. The van der Waals surface area contributed by atoms with Gasteiger partial charge in [-0.1, -0.05) is 22.9 Å². The quantitative estimate of drug-likeness (QED) is 0.776. The molecule has 2 aliphatic heterocycles. The molecule has 1 fully saturated rings. The second kappa shape index (κ2) is 6.15. The third-order valence-electron chi connectivity index (χ3n) is 5.32. The van der Waals surface area contributed by atoms with Crippen LogP contribution in [0.25, 0.3) is 0 Å². The highest BCUT2D eigenvalue weighted by Gasteiger charge is 2.51. The number of halogens is 1. The maximum absolute atomic E-state index is 8.53. The van der Waals surface area contributed by atoms with Gasteiger partial charge in [-0.25, -0.2) is 0 Å². The number of hydrogen-bond donors (Lipinski definition) is 1. The Morgan fingerprint density at radius 3 is 2.64 bits per heavy atom. The molecular weight excluding hydrogens is 382 g/mol. The minimum Gasteiger partial charge on any atom is -0.497 e. The monoisotopic (exact) mass is 401 g/mol. The summed E-state index contributed by atoms with van der Waals surface area (Å²) >= 11 is 3.59. The van der Waals surface area contributed by atoms with Crippen LogP contribution < -0.4 is 9.47 Å². The molecule has 2 unspecified atom stereocenters. The molecular formula is C20H20BrNO3. The number of methoxy groups -OCH3 is 1. The van der Waals surface area contributed by atoms with Crippen LogP contribution >= 0.6 is 15.9 Å². The maximum Gasteiger partial charge on any atom is 0.131 e. The Labute approximate surface area is 155 Å². The summed E-state index contributed by atoms with van der Waals surface area (Å²) < 4.78 is 18.5. The Balaban J connectivity index is 2.04. The Morgan fingerprint density at radius 2 is 1.92 bits per heavy atom. The predicted molar refractivity (Wildman–Crippen MR) is 100 cm³/mol. The lowest BCUT2D eigenvalue weighted by atomic mass is 9.61. The van der Waals surface area contributed by atoms with Gasteiger partial charge in [-0.3, -0.25) is 0 Å². The number of benzene rings is 2. The summed E-state index contributed by atoms with van der Waals surface area (Å²) in [6.45, 7) is 3.06. The van der Waals surface area contributed by atoms with Crippen LogP contribution in [-0.2, 0) is 10.2 Å². The maximum atomic E-state index is 8.53. The Kier molecular flexibility index (Phi) is 4.08. The lowest BCUT2D eigenvalue weighted by Gasteiger charge is -2.48. The molecule has 130 valence electrons. The number of nitrogens with one attached hydrogen (secondary N) is 1. The molecule has 25 heavy (non-hydrogen) atoms. The fourth-order valence-electron chi connectivity index (χ4n) is 4.22. The Morgan fingerprint density at radius 1 is 1.20 bits per heavy atom. The van der Waals surface area contributed by atoms with Crippen LogP contribution in [0.4, 0.5) is 0 Å². The van der Waals surface area contributed by atoms with Crippen LogP contribution in [0.2, 0.25) is 0 Å². The zero-order valence-corrected chi connectivity index (χ0v) is 15.9. The average molecular weight is 402 g/mol. The van der Waals surface area contributed by atoms with Crippen molar-refractivity contribution in [3.8, 4) is 17.2 Å². The Hall–Kier alpha value is -1.85. The van der Waals surface area contributed by atoms with Crippen LogP contribution in [-0.4, -0.2) is 26.0 Å². The highest BCUT2D eigenvalue weighted by atomic mass is 79.9. The standard InChI is InChI=1S/C20H20BrNO3/c1-3-14-17(22)10-24-11-20(14)15-8-12(21)4-6-18(15)25-19-7-5-13(23-2)9-16(19)20/h4-9,14,22H,3,10-11H2,1-2H3.